The molecule has 0 aromatic rings. The lowest BCUT2D eigenvalue weighted by atomic mass is 9.52. The van der Waals surface area contributed by atoms with Crippen molar-refractivity contribution in [3.05, 3.63) is 0 Å². The van der Waals surface area contributed by atoms with Crippen molar-refractivity contribution in [2.75, 3.05) is 0 Å². The van der Waals surface area contributed by atoms with E-state index in [0.717, 1.165) is 22.8 Å². The van der Waals surface area contributed by atoms with Gasteiger partial charge < -0.3 is 0 Å². The molecule has 2 nitrogen and oxygen atoms in total. The molecule has 0 amide bonds. The van der Waals surface area contributed by atoms with Crippen LogP contribution < -0.4 is 0 Å². The highest BCUT2D eigenvalue weighted by atomic mass is 28.3. The zero-order valence-corrected chi connectivity index (χ0v) is 11.7. The third kappa shape index (κ3) is 0.952. The first-order valence-electron chi connectivity index (χ1n) is 6.89. The second-order valence-corrected chi connectivity index (χ2v) is 13.4. The molecule has 0 N–H and O–H groups in total. The van der Waals surface area contributed by atoms with E-state index in [1.165, 1.54) is 25.7 Å². The Hall–Kier alpha value is -0.183. The van der Waals surface area contributed by atoms with E-state index in [2.05, 4.69) is 29.9 Å². The van der Waals surface area contributed by atoms with Crippen molar-refractivity contribution in [2.45, 2.75) is 62.4 Å². The van der Waals surface area contributed by atoms with Crippen LogP contribution in [0.2, 0.25) is 24.7 Å². The first-order valence-corrected chi connectivity index (χ1v) is 10.4. The largest absolute Gasteiger partial charge is 0.196 e. The van der Waals surface area contributed by atoms with Gasteiger partial charge in [0.05, 0.1) is 8.07 Å². The molecule has 1 aliphatic heterocycles. The van der Waals surface area contributed by atoms with Gasteiger partial charge in [-0.3, -0.25) is 0 Å². The van der Waals surface area contributed by atoms with E-state index in [-0.39, 0.29) is 5.66 Å². The van der Waals surface area contributed by atoms with Crippen LogP contribution in [0.25, 0.3) is 0 Å². The van der Waals surface area contributed by atoms with E-state index in [0.29, 0.717) is 0 Å². The van der Waals surface area contributed by atoms with E-state index >= 15 is 0 Å². The van der Waals surface area contributed by atoms with Crippen molar-refractivity contribution in [2.24, 2.45) is 28.0 Å². The van der Waals surface area contributed by atoms with Crippen LogP contribution in [0.1, 0.15) is 32.1 Å². The average molecular weight is 234 g/mol. The molecule has 16 heavy (non-hydrogen) atoms. The van der Waals surface area contributed by atoms with Crippen molar-refractivity contribution in [3.8, 4) is 0 Å². The monoisotopic (exact) mass is 234 g/mol. The summed E-state index contributed by atoms with van der Waals surface area (Å²) in [5.41, 5.74) is 0.167. The van der Waals surface area contributed by atoms with Gasteiger partial charge in [0.2, 0.25) is 0 Å². The predicted molar refractivity (Wildman–Crippen MR) is 67.2 cm³/mol. The highest BCUT2D eigenvalue weighted by molar-refractivity contribution is 6.79. The Morgan fingerprint density at radius 3 is 1.94 bits per heavy atom. The molecule has 4 saturated carbocycles. The summed E-state index contributed by atoms with van der Waals surface area (Å²) in [6, 6.07) is 0. The summed E-state index contributed by atoms with van der Waals surface area (Å²) >= 11 is 0. The van der Waals surface area contributed by atoms with Crippen LogP contribution in [-0.4, -0.2) is 13.7 Å². The normalized spacial score (nSPS) is 51.3. The Bertz CT molecular complexity index is 358. The van der Waals surface area contributed by atoms with E-state index in [4.69, 9.17) is 0 Å². The zero-order chi connectivity index (χ0) is 11.2. The first-order chi connectivity index (χ1) is 7.45. The molecule has 2 unspecified atom stereocenters. The van der Waals surface area contributed by atoms with Gasteiger partial charge in [-0.25, -0.2) is 0 Å². The molecule has 0 radical (unpaired) electrons. The van der Waals surface area contributed by atoms with Crippen molar-refractivity contribution >= 4 is 8.07 Å². The highest BCUT2D eigenvalue weighted by Gasteiger charge is 2.69. The van der Waals surface area contributed by atoms with Crippen LogP contribution in [0.4, 0.5) is 0 Å². The maximum absolute atomic E-state index is 4.49. The second kappa shape index (κ2) is 2.47. The standard InChI is InChI=1S/C13H22N2Si/c1-16(2,3)12-6-9-4-10(7-12)13(14-15-13)11(5-9)8-12/h9-11H,4-8H2,1-3H3/t9?,10-,11+,12?. The molecule has 0 aromatic heterocycles. The summed E-state index contributed by atoms with van der Waals surface area (Å²) in [7, 11) is -1.03. The van der Waals surface area contributed by atoms with Crippen LogP contribution in [0.3, 0.4) is 0 Å². The molecule has 4 atom stereocenters. The molecule has 4 aliphatic carbocycles. The van der Waals surface area contributed by atoms with Crippen molar-refractivity contribution in [1.29, 1.82) is 0 Å². The lowest BCUT2D eigenvalue weighted by Gasteiger charge is -2.62. The highest BCUT2D eigenvalue weighted by Crippen LogP contribution is 2.73. The van der Waals surface area contributed by atoms with Crippen molar-refractivity contribution in [3.63, 3.8) is 0 Å². The van der Waals surface area contributed by atoms with Crippen LogP contribution >= 0.6 is 0 Å². The van der Waals surface area contributed by atoms with Gasteiger partial charge in [-0.1, -0.05) is 19.6 Å². The quantitative estimate of drug-likeness (QED) is 0.611. The van der Waals surface area contributed by atoms with Crippen LogP contribution in [0, 0.1) is 17.8 Å². The van der Waals surface area contributed by atoms with Gasteiger partial charge in [-0.2, -0.15) is 10.2 Å². The van der Waals surface area contributed by atoms with Crippen molar-refractivity contribution in [1.82, 2.24) is 0 Å². The van der Waals surface area contributed by atoms with Gasteiger partial charge in [0, 0.05) is 11.8 Å². The molecule has 1 heterocycles. The van der Waals surface area contributed by atoms with E-state index < -0.39 is 8.07 Å². The average Bonchev–Trinajstić information content (AvgIpc) is 2.92. The minimum atomic E-state index is -1.03. The number of hydrogen-bond donors (Lipinski definition) is 0. The molecular weight excluding hydrogens is 212 g/mol. The maximum Gasteiger partial charge on any atom is 0.196 e. The van der Waals surface area contributed by atoms with E-state index in [1.54, 1.807) is 6.42 Å². The number of rotatable bonds is 1. The van der Waals surface area contributed by atoms with Crippen LogP contribution in [-0.2, 0) is 0 Å². The van der Waals surface area contributed by atoms with Gasteiger partial charge in [-0.15, -0.1) is 0 Å². The summed E-state index contributed by atoms with van der Waals surface area (Å²) in [5, 5.41) is 9.73. The summed E-state index contributed by atoms with van der Waals surface area (Å²) < 4.78 is 0. The Morgan fingerprint density at radius 1 is 0.938 bits per heavy atom. The Labute approximate surface area is 98.9 Å². The lowest BCUT2D eigenvalue weighted by Crippen LogP contribution is -2.59. The minimum absolute atomic E-state index is 0.167. The molecule has 4 bridgehead atoms. The third-order valence-electron chi connectivity index (χ3n) is 6.31. The van der Waals surface area contributed by atoms with Crippen molar-refractivity contribution < 1.29 is 0 Å². The Balaban J connectivity index is 1.75. The van der Waals surface area contributed by atoms with Gasteiger partial charge in [0.25, 0.3) is 0 Å². The maximum atomic E-state index is 4.49. The molecule has 5 aliphatic rings. The molecule has 4 fully saturated rings. The Morgan fingerprint density at radius 2 is 1.50 bits per heavy atom. The van der Waals surface area contributed by atoms with E-state index in [1.807, 2.05) is 0 Å². The molecule has 0 saturated heterocycles. The number of nitrogens with zero attached hydrogens (tertiary/aromatic N) is 2. The van der Waals surface area contributed by atoms with Crippen LogP contribution in [0.15, 0.2) is 10.2 Å². The zero-order valence-electron chi connectivity index (χ0n) is 10.7. The first kappa shape index (κ1) is 9.81. The second-order valence-electron chi connectivity index (χ2n) is 7.86. The minimum Gasteiger partial charge on any atom is -0.158 e. The molecule has 88 valence electrons. The van der Waals surface area contributed by atoms with Gasteiger partial charge in [-0.05, 0) is 43.1 Å². The summed E-state index contributed by atoms with van der Waals surface area (Å²) in [5.74, 6) is 2.71. The molecule has 3 heteroatoms. The fourth-order valence-corrected chi connectivity index (χ4v) is 7.88. The topological polar surface area (TPSA) is 24.7 Å². The van der Waals surface area contributed by atoms with Gasteiger partial charge >= 0.3 is 0 Å². The Kier molecular flexibility index (Phi) is 1.52. The van der Waals surface area contributed by atoms with Gasteiger partial charge in [0.1, 0.15) is 0 Å². The smallest absolute Gasteiger partial charge is 0.158 e. The molecule has 0 aromatic carbocycles. The molecule has 1 spiro atoms. The SMILES string of the molecule is C[Si](C)(C)C12CC3C[C@H](C1)C1(N=N1)[C@@H](C3)C2. The van der Waals surface area contributed by atoms with Crippen LogP contribution in [0.5, 0.6) is 0 Å². The summed E-state index contributed by atoms with van der Waals surface area (Å²) in [6.07, 6.45) is 7.35. The van der Waals surface area contributed by atoms with E-state index in [9.17, 15) is 0 Å². The molecule has 5 rings (SSSR count). The lowest BCUT2D eigenvalue weighted by molar-refractivity contribution is -0.0159. The summed E-state index contributed by atoms with van der Waals surface area (Å²) in [4.78, 5) is 0. The molecular formula is C13H22N2Si. The number of hydrogen-bond acceptors (Lipinski definition) is 2. The summed E-state index contributed by atoms with van der Waals surface area (Å²) in [6.45, 7) is 7.77. The predicted octanol–water partition coefficient (Wildman–Crippen LogP) is 4.07. The fraction of sp³-hybridized carbons (Fsp3) is 1.00. The third-order valence-corrected chi connectivity index (χ3v) is 10.1. The fourth-order valence-electron chi connectivity index (χ4n) is 5.26. The van der Waals surface area contributed by atoms with Gasteiger partial charge in [0.15, 0.2) is 5.66 Å².